The molecule has 0 radical (unpaired) electrons. The quantitative estimate of drug-likeness (QED) is 0.863. The van der Waals surface area contributed by atoms with E-state index in [4.69, 9.17) is 0 Å². The van der Waals surface area contributed by atoms with Gasteiger partial charge in [-0.05, 0) is 40.6 Å². The third kappa shape index (κ3) is 3.30. The Labute approximate surface area is 108 Å². The number of nitrogens with one attached hydrogen (secondary N) is 1. The minimum atomic E-state index is -0.356. The SMILES string of the molecule is CC1CCCC(NCC(O)c2ccsc2)C1C. The molecule has 4 unspecified atom stereocenters. The molecule has 0 aromatic carbocycles. The van der Waals surface area contributed by atoms with Gasteiger partial charge in [0.1, 0.15) is 0 Å². The molecule has 1 aliphatic rings. The predicted octanol–water partition coefficient (Wildman–Crippen LogP) is 3.20. The first-order valence-electron chi connectivity index (χ1n) is 6.62. The van der Waals surface area contributed by atoms with E-state index in [0.29, 0.717) is 12.6 Å². The summed E-state index contributed by atoms with van der Waals surface area (Å²) in [5, 5.41) is 17.6. The third-order valence-electron chi connectivity index (χ3n) is 4.21. The van der Waals surface area contributed by atoms with Crippen LogP contribution in [0.5, 0.6) is 0 Å². The van der Waals surface area contributed by atoms with E-state index < -0.39 is 0 Å². The Bertz CT molecular complexity index is 325. The first kappa shape index (κ1) is 13.1. The molecule has 1 saturated carbocycles. The summed E-state index contributed by atoms with van der Waals surface area (Å²) in [5.74, 6) is 1.53. The van der Waals surface area contributed by atoms with Crippen molar-refractivity contribution >= 4 is 11.3 Å². The Morgan fingerprint density at radius 1 is 1.47 bits per heavy atom. The smallest absolute Gasteiger partial charge is 0.0922 e. The van der Waals surface area contributed by atoms with E-state index in [1.54, 1.807) is 11.3 Å². The van der Waals surface area contributed by atoms with Crippen LogP contribution in [0.3, 0.4) is 0 Å². The lowest BCUT2D eigenvalue weighted by atomic mass is 9.78. The lowest BCUT2D eigenvalue weighted by Gasteiger charge is -2.35. The molecular formula is C14H23NOS. The van der Waals surface area contributed by atoms with Crippen LogP contribution < -0.4 is 5.32 Å². The number of hydrogen-bond acceptors (Lipinski definition) is 3. The molecule has 1 aliphatic carbocycles. The van der Waals surface area contributed by atoms with E-state index in [9.17, 15) is 5.11 Å². The molecule has 96 valence electrons. The molecule has 17 heavy (non-hydrogen) atoms. The van der Waals surface area contributed by atoms with Crippen molar-refractivity contribution in [3.8, 4) is 0 Å². The van der Waals surface area contributed by atoms with Crippen molar-refractivity contribution < 1.29 is 5.11 Å². The molecule has 1 aromatic rings. The van der Waals surface area contributed by atoms with E-state index in [1.165, 1.54) is 19.3 Å². The topological polar surface area (TPSA) is 32.3 Å². The first-order valence-corrected chi connectivity index (χ1v) is 7.56. The fourth-order valence-electron chi connectivity index (χ4n) is 2.72. The van der Waals surface area contributed by atoms with Gasteiger partial charge in [-0.15, -0.1) is 0 Å². The molecular weight excluding hydrogens is 230 g/mol. The number of rotatable bonds is 4. The molecule has 0 amide bonds. The second-order valence-corrected chi connectivity index (χ2v) is 6.13. The molecule has 0 saturated heterocycles. The van der Waals surface area contributed by atoms with Crippen LogP contribution in [0.2, 0.25) is 0 Å². The van der Waals surface area contributed by atoms with Gasteiger partial charge in [-0.2, -0.15) is 11.3 Å². The van der Waals surface area contributed by atoms with E-state index >= 15 is 0 Å². The van der Waals surface area contributed by atoms with Crippen LogP contribution in [0, 0.1) is 11.8 Å². The summed E-state index contributed by atoms with van der Waals surface area (Å²) in [5.41, 5.74) is 1.04. The average Bonchev–Trinajstić information content (AvgIpc) is 2.84. The molecule has 4 atom stereocenters. The van der Waals surface area contributed by atoms with Gasteiger partial charge >= 0.3 is 0 Å². The van der Waals surface area contributed by atoms with Gasteiger partial charge in [0.15, 0.2) is 0 Å². The van der Waals surface area contributed by atoms with E-state index in [1.807, 2.05) is 16.8 Å². The maximum atomic E-state index is 10.0. The Kier molecular flexibility index (Phi) is 4.60. The van der Waals surface area contributed by atoms with Crippen molar-refractivity contribution in [3.63, 3.8) is 0 Å². The Balaban J connectivity index is 1.81. The highest BCUT2D eigenvalue weighted by Crippen LogP contribution is 2.29. The summed E-state index contributed by atoms with van der Waals surface area (Å²) in [6.07, 6.45) is 3.57. The highest BCUT2D eigenvalue weighted by Gasteiger charge is 2.27. The van der Waals surface area contributed by atoms with E-state index in [-0.39, 0.29) is 6.10 Å². The summed E-state index contributed by atoms with van der Waals surface area (Å²) in [7, 11) is 0. The highest BCUT2D eigenvalue weighted by molar-refractivity contribution is 7.07. The molecule has 3 heteroatoms. The van der Waals surface area contributed by atoms with Crippen LogP contribution in [0.4, 0.5) is 0 Å². The van der Waals surface area contributed by atoms with Crippen molar-refractivity contribution in [1.82, 2.24) is 5.32 Å². The van der Waals surface area contributed by atoms with Crippen molar-refractivity contribution in [1.29, 1.82) is 0 Å². The normalized spacial score (nSPS) is 31.4. The maximum Gasteiger partial charge on any atom is 0.0922 e. The van der Waals surface area contributed by atoms with Crippen molar-refractivity contribution in [3.05, 3.63) is 22.4 Å². The predicted molar refractivity (Wildman–Crippen MR) is 73.2 cm³/mol. The molecule has 1 fully saturated rings. The molecule has 2 rings (SSSR count). The second-order valence-electron chi connectivity index (χ2n) is 5.35. The molecule has 2 nitrogen and oxygen atoms in total. The molecule has 0 aliphatic heterocycles. The van der Waals surface area contributed by atoms with Gasteiger partial charge in [-0.1, -0.05) is 26.7 Å². The van der Waals surface area contributed by atoms with Crippen molar-refractivity contribution in [2.75, 3.05) is 6.54 Å². The summed E-state index contributed by atoms with van der Waals surface area (Å²) in [6.45, 7) is 5.35. The van der Waals surface area contributed by atoms with Gasteiger partial charge in [-0.3, -0.25) is 0 Å². The zero-order chi connectivity index (χ0) is 12.3. The largest absolute Gasteiger partial charge is 0.387 e. The summed E-state index contributed by atoms with van der Waals surface area (Å²) in [6, 6.07) is 2.58. The van der Waals surface area contributed by atoms with Crippen LogP contribution in [-0.2, 0) is 0 Å². The monoisotopic (exact) mass is 253 g/mol. The van der Waals surface area contributed by atoms with E-state index in [2.05, 4.69) is 19.2 Å². The van der Waals surface area contributed by atoms with E-state index in [0.717, 1.165) is 17.4 Å². The van der Waals surface area contributed by atoms with Crippen LogP contribution in [-0.4, -0.2) is 17.7 Å². The van der Waals surface area contributed by atoms with Crippen molar-refractivity contribution in [2.45, 2.75) is 45.3 Å². The van der Waals surface area contributed by atoms with Crippen molar-refractivity contribution in [2.24, 2.45) is 11.8 Å². The molecule has 1 aromatic heterocycles. The van der Waals surface area contributed by atoms with Crippen LogP contribution in [0.15, 0.2) is 16.8 Å². The van der Waals surface area contributed by atoms with Gasteiger partial charge in [0.2, 0.25) is 0 Å². The highest BCUT2D eigenvalue weighted by atomic mass is 32.1. The van der Waals surface area contributed by atoms with Gasteiger partial charge in [0.05, 0.1) is 6.10 Å². The third-order valence-corrected chi connectivity index (χ3v) is 4.91. The summed E-state index contributed by atoms with van der Waals surface area (Å²) >= 11 is 1.64. The van der Waals surface area contributed by atoms with Crippen LogP contribution in [0.25, 0.3) is 0 Å². The lowest BCUT2D eigenvalue weighted by molar-refractivity contribution is 0.145. The molecule has 1 heterocycles. The van der Waals surface area contributed by atoms with Gasteiger partial charge in [0.25, 0.3) is 0 Å². The number of thiophene rings is 1. The zero-order valence-corrected chi connectivity index (χ0v) is 11.5. The minimum absolute atomic E-state index is 0.356. The summed E-state index contributed by atoms with van der Waals surface area (Å²) < 4.78 is 0. The Hall–Kier alpha value is -0.380. The fraction of sp³-hybridized carbons (Fsp3) is 0.714. The number of aliphatic hydroxyl groups excluding tert-OH is 1. The standard InChI is InChI=1S/C14H23NOS/c1-10-4-3-5-13(11(10)2)15-8-14(16)12-6-7-17-9-12/h6-7,9-11,13-16H,3-5,8H2,1-2H3. The number of hydrogen-bond donors (Lipinski definition) is 2. The van der Waals surface area contributed by atoms with Crippen LogP contribution >= 0.6 is 11.3 Å². The first-order chi connectivity index (χ1) is 8.18. The van der Waals surface area contributed by atoms with Gasteiger partial charge in [-0.25, -0.2) is 0 Å². The average molecular weight is 253 g/mol. The maximum absolute atomic E-state index is 10.0. The summed E-state index contributed by atoms with van der Waals surface area (Å²) in [4.78, 5) is 0. The molecule has 2 N–H and O–H groups in total. The van der Waals surface area contributed by atoms with Gasteiger partial charge in [0, 0.05) is 12.6 Å². The fourth-order valence-corrected chi connectivity index (χ4v) is 3.42. The molecule has 0 bridgehead atoms. The molecule has 0 spiro atoms. The Morgan fingerprint density at radius 2 is 2.29 bits per heavy atom. The Morgan fingerprint density at radius 3 is 3.00 bits per heavy atom. The zero-order valence-electron chi connectivity index (χ0n) is 10.7. The minimum Gasteiger partial charge on any atom is -0.387 e. The second kappa shape index (κ2) is 5.98. The lowest BCUT2D eigenvalue weighted by Crippen LogP contribution is -2.42. The van der Waals surface area contributed by atoms with Crippen LogP contribution in [0.1, 0.15) is 44.8 Å². The number of aliphatic hydroxyl groups is 1. The van der Waals surface area contributed by atoms with Gasteiger partial charge < -0.3 is 10.4 Å².